The van der Waals surface area contributed by atoms with Gasteiger partial charge in [0.1, 0.15) is 0 Å². The Hall–Kier alpha value is -1.07. The van der Waals surface area contributed by atoms with E-state index >= 15 is 0 Å². The first kappa shape index (κ1) is 15.0. The van der Waals surface area contributed by atoms with Crippen LogP contribution in [0.25, 0.3) is 0 Å². The maximum atomic E-state index is 12.3. The average molecular weight is 262 g/mol. The summed E-state index contributed by atoms with van der Waals surface area (Å²) in [6.45, 7) is 3.00. The molecule has 0 aromatic heterocycles. The zero-order chi connectivity index (χ0) is 13.6. The van der Waals surface area contributed by atoms with E-state index in [4.69, 9.17) is 4.74 Å². The van der Waals surface area contributed by atoms with E-state index in [0.717, 1.165) is 18.6 Å². The molecule has 18 heavy (non-hydrogen) atoms. The standard InChI is InChI=1S/C13H17F3O2/c1-2-8-18-9-7-12(17)10-3-5-11(6-4-10)13(14,15)16/h3-6,12,17H,2,7-9H2,1H3. The van der Waals surface area contributed by atoms with E-state index < -0.39 is 17.8 Å². The molecule has 0 heterocycles. The van der Waals surface area contributed by atoms with Gasteiger partial charge < -0.3 is 9.84 Å². The van der Waals surface area contributed by atoms with Gasteiger partial charge in [-0.3, -0.25) is 0 Å². The zero-order valence-corrected chi connectivity index (χ0v) is 10.2. The third-order valence-electron chi connectivity index (χ3n) is 2.51. The van der Waals surface area contributed by atoms with Crippen LogP contribution in [-0.4, -0.2) is 18.3 Å². The number of halogens is 3. The van der Waals surface area contributed by atoms with Gasteiger partial charge in [0.05, 0.1) is 11.7 Å². The zero-order valence-electron chi connectivity index (χ0n) is 10.2. The van der Waals surface area contributed by atoms with Crippen LogP contribution in [0.2, 0.25) is 0 Å². The van der Waals surface area contributed by atoms with Crippen LogP contribution in [0.1, 0.15) is 37.0 Å². The highest BCUT2D eigenvalue weighted by Gasteiger charge is 2.30. The van der Waals surface area contributed by atoms with Gasteiger partial charge in [-0.1, -0.05) is 19.1 Å². The molecule has 1 aromatic rings. The summed E-state index contributed by atoms with van der Waals surface area (Å²) in [5, 5.41) is 9.75. The molecule has 1 unspecified atom stereocenters. The smallest absolute Gasteiger partial charge is 0.388 e. The van der Waals surface area contributed by atoms with Crippen LogP contribution in [0.5, 0.6) is 0 Å². The van der Waals surface area contributed by atoms with Crippen LogP contribution < -0.4 is 0 Å². The van der Waals surface area contributed by atoms with Crippen molar-refractivity contribution in [2.45, 2.75) is 32.0 Å². The Morgan fingerprint density at radius 1 is 1.17 bits per heavy atom. The first-order valence-corrected chi connectivity index (χ1v) is 5.88. The second kappa shape index (κ2) is 6.75. The maximum Gasteiger partial charge on any atom is 0.416 e. The number of hydrogen-bond acceptors (Lipinski definition) is 2. The van der Waals surface area contributed by atoms with Gasteiger partial charge in [-0.25, -0.2) is 0 Å². The van der Waals surface area contributed by atoms with Gasteiger partial charge in [-0.2, -0.15) is 13.2 Å². The lowest BCUT2D eigenvalue weighted by Crippen LogP contribution is -2.07. The van der Waals surface area contributed by atoms with E-state index in [1.165, 1.54) is 12.1 Å². The Kier molecular flexibility index (Phi) is 5.62. The number of rotatable bonds is 6. The highest BCUT2D eigenvalue weighted by atomic mass is 19.4. The Morgan fingerprint density at radius 2 is 1.78 bits per heavy atom. The highest BCUT2D eigenvalue weighted by Crippen LogP contribution is 2.30. The van der Waals surface area contributed by atoms with Crippen LogP contribution in [0.4, 0.5) is 13.2 Å². The van der Waals surface area contributed by atoms with E-state index in [9.17, 15) is 18.3 Å². The van der Waals surface area contributed by atoms with E-state index in [2.05, 4.69) is 0 Å². The van der Waals surface area contributed by atoms with Crippen molar-refractivity contribution in [3.8, 4) is 0 Å². The predicted octanol–water partition coefficient (Wildman–Crippen LogP) is 3.56. The molecule has 102 valence electrons. The minimum atomic E-state index is -4.34. The Morgan fingerprint density at radius 3 is 2.28 bits per heavy atom. The molecule has 0 saturated heterocycles. The lowest BCUT2D eigenvalue weighted by atomic mass is 10.0. The molecule has 0 spiro atoms. The first-order valence-electron chi connectivity index (χ1n) is 5.88. The van der Waals surface area contributed by atoms with Crippen LogP contribution in [0, 0.1) is 0 Å². The molecule has 5 heteroatoms. The summed E-state index contributed by atoms with van der Waals surface area (Å²) in [7, 11) is 0. The molecule has 2 nitrogen and oxygen atoms in total. The van der Waals surface area contributed by atoms with Gasteiger partial charge in [0, 0.05) is 19.6 Å². The molecule has 0 bridgehead atoms. The molecule has 0 aliphatic heterocycles. The van der Waals surface area contributed by atoms with Crippen molar-refractivity contribution in [2.75, 3.05) is 13.2 Å². The molecule has 1 aromatic carbocycles. The fourth-order valence-corrected chi connectivity index (χ4v) is 1.50. The normalized spacial score (nSPS) is 13.6. The van der Waals surface area contributed by atoms with Crippen molar-refractivity contribution in [1.82, 2.24) is 0 Å². The molecular formula is C13H17F3O2. The minimum absolute atomic E-state index is 0.380. The summed E-state index contributed by atoms with van der Waals surface area (Å²) in [6.07, 6.45) is -3.85. The molecule has 0 aliphatic rings. The summed E-state index contributed by atoms with van der Waals surface area (Å²) < 4.78 is 42.2. The van der Waals surface area contributed by atoms with Gasteiger partial charge in [0.2, 0.25) is 0 Å². The van der Waals surface area contributed by atoms with Crippen molar-refractivity contribution >= 4 is 0 Å². The largest absolute Gasteiger partial charge is 0.416 e. The van der Waals surface area contributed by atoms with Crippen molar-refractivity contribution in [3.05, 3.63) is 35.4 Å². The highest BCUT2D eigenvalue weighted by molar-refractivity contribution is 5.25. The lowest BCUT2D eigenvalue weighted by Gasteiger charge is -2.12. The predicted molar refractivity (Wildman–Crippen MR) is 62.1 cm³/mol. The molecule has 0 aliphatic carbocycles. The summed E-state index contributed by atoms with van der Waals surface area (Å²) in [5.74, 6) is 0. The number of hydrogen-bond donors (Lipinski definition) is 1. The Balaban J connectivity index is 2.51. The summed E-state index contributed by atoms with van der Waals surface area (Å²) in [6, 6.07) is 4.55. The lowest BCUT2D eigenvalue weighted by molar-refractivity contribution is -0.137. The topological polar surface area (TPSA) is 29.5 Å². The van der Waals surface area contributed by atoms with E-state index in [0.29, 0.717) is 25.2 Å². The molecule has 1 atom stereocenters. The Bertz CT molecular complexity index is 346. The van der Waals surface area contributed by atoms with Crippen LogP contribution in [0.15, 0.2) is 24.3 Å². The molecular weight excluding hydrogens is 245 g/mol. The number of aliphatic hydroxyl groups is 1. The Labute approximate surface area is 104 Å². The molecule has 0 fully saturated rings. The third-order valence-corrected chi connectivity index (χ3v) is 2.51. The van der Waals surface area contributed by atoms with Crippen molar-refractivity contribution in [2.24, 2.45) is 0 Å². The monoisotopic (exact) mass is 262 g/mol. The fraction of sp³-hybridized carbons (Fsp3) is 0.538. The van der Waals surface area contributed by atoms with Crippen molar-refractivity contribution < 1.29 is 23.0 Å². The SMILES string of the molecule is CCCOCCC(O)c1ccc(C(F)(F)F)cc1. The van der Waals surface area contributed by atoms with Gasteiger partial charge in [-0.15, -0.1) is 0 Å². The average Bonchev–Trinajstić information content (AvgIpc) is 2.33. The van der Waals surface area contributed by atoms with Crippen LogP contribution >= 0.6 is 0 Å². The number of ether oxygens (including phenoxy) is 1. The molecule has 0 amide bonds. The molecule has 1 rings (SSSR count). The van der Waals surface area contributed by atoms with E-state index in [1.807, 2.05) is 6.92 Å². The second-order valence-electron chi connectivity index (χ2n) is 4.04. The number of benzene rings is 1. The fourth-order valence-electron chi connectivity index (χ4n) is 1.50. The summed E-state index contributed by atoms with van der Waals surface area (Å²) in [4.78, 5) is 0. The second-order valence-corrected chi connectivity index (χ2v) is 4.04. The number of aliphatic hydroxyl groups excluding tert-OH is 1. The van der Waals surface area contributed by atoms with Crippen LogP contribution in [-0.2, 0) is 10.9 Å². The van der Waals surface area contributed by atoms with Gasteiger partial charge in [0.25, 0.3) is 0 Å². The molecule has 1 N–H and O–H groups in total. The van der Waals surface area contributed by atoms with Gasteiger partial charge in [0.15, 0.2) is 0 Å². The van der Waals surface area contributed by atoms with Gasteiger partial charge in [-0.05, 0) is 24.1 Å². The van der Waals surface area contributed by atoms with Crippen molar-refractivity contribution in [3.63, 3.8) is 0 Å². The van der Waals surface area contributed by atoms with Crippen molar-refractivity contribution in [1.29, 1.82) is 0 Å². The molecule has 0 radical (unpaired) electrons. The van der Waals surface area contributed by atoms with E-state index in [-0.39, 0.29) is 0 Å². The molecule has 0 saturated carbocycles. The van der Waals surface area contributed by atoms with Crippen LogP contribution in [0.3, 0.4) is 0 Å². The quantitative estimate of drug-likeness (QED) is 0.794. The number of alkyl halides is 3. The minimum Gasteiger partial charge on any atom is -0.388 e. The maximum absolute atomic E-state index is 12.3. The summed E-state index contributed by atoms with van der Waals surface area (Å²) in [5.41, 5.74) is -0.233. The first-order chi connectivity index (χ1) is 8.45. The van der Waals surface area contributed by atoms with E-state index in [1.54, 1.807) is 0 Å². The van der Waals surface area contributed by atoms with Gasteiger partial charge >= 0.3 is 6.18 Å². The summed E-state index contributed by atoms with van der Waals surface area (Å²) >= 11 is 0. The third kappa shape index (κ3) is 4.66.